The Balaban J connectivity index is 1.23. The van der Waals surface area contributed by atoms with Crippen molar-refractivity contribution in [2.45, 2.75) is 38.5 Å². The third kappa shape index (κ3) is 4.49. The maximum atomic E-state index is 15.5. The molecule has 0 aromatic heterocycles. The van der Waals surface area contributed by atoms with E-state index in [1.54, 1.807) is 0 Å². The van der Waals surface area contributed by atoms with Crippen LogP contribution in [0.4, 0.5) is 0 Å². The topological polar surface area (TPSA) is 17.1 Å². The lowest BCUT2D eigenvalue weighted by Crippen LogP contribution is -2.31. The second-order valence-corrected chi connectivity index (χ2v) is 18.5. The molecule has 260 valence electrons. The summed E-state index contributed by atoms with van der Waals surface area (Å²) in [5, 5.41) is 5.03. The van der Waals surface area contributed by atoms with E-state index in [9.17, 15) is 0 Å². The number of benzene rings is 8. The molecular weight excluding hydrogens is 672 g/mol. The van der Waals surface area contributed by atoms with Crippen LogP contribution in [-0.2, 0) is 15.4 Å². The first-order valence-electron chi connectivity index (χ1n) is 18.9. The highest BCUT2D eigenvalue weighted by Gasteiger charge is 2.53. The molecule has 0 aliphatic heterocycles. The number of hydrogen-bond donors (Lipinski definition) is 0. The summed E-state index contributed by atoms with van der Waals surface area (Å²) in [6, 6.07) is 63.0. The first-order chi connectivity index (χ1) is 26.2. The van der Waals surface area contributed by atoms with Crippen molar-refractivity contribution in [2.75, 3.05) is 0 Å². The summed E-state index contributed by atoms with van der Waals surface area (Å²) >= 11 is 0. The van der Waals surface area contributed by atoms with Crippen LogP contribution in [0.3, 0.4) is 0 Å². The predicted molar refractivity (Wildman–Crippen MR) is 228 cm³/mol. The number of fused-ring (bicyclic) bond motifs is 1. The molecule has 8 aromatic carbocycles. The summed E-state index contributed by atoms with van der Waals surface area (Å²) in [6.07, 6.45) is 0. The first-order valence-corrected chi connectivity index (χ1v) is 20.7. The lowest BCUT2D eigenvalue weighted by atomic mass is 9.65. The lowest BCUT2D eigenvalue weighted by molar-refractivity contribution is 0.592. The molecule has 0 bridgehead atoms. The smallest absolute Gasteiger partial charge is 0.171 e. The van der Waals surface area contributed by atoms with Gasteiger partial charge in [-0.2, -0.15) is 0 Å². The molecular formula is C52H41OP. The van der Waals surface area contributed by atoms with Crippen LogP contribution in [0.15, 0.2) is 176 Å². The molecule has 0 radical (unpaired) electrons. The molecule has 0 spiro atoms. The van der Waals surface area contributed by atoms with Gasteiger partial charge in [-0.3, -0.25) is 0 Å². The van der Waals surface area contributed by atoms with Crippen molar-refractivity contribution < 1.29 is 4.57 Å². The summed E-state index contributed by atoms with van der Waals surface area (Å²) in [5.41, 5.74) is 15.0. The normalized spacial score (nSPS) is 14.7. The Morgan fingerprint density at radius 3 is 1.44 bits per heavy atom. The Labute approximate surface area is 318 Å². The second-order valence-electron chi connectivity index (χ2n) is 15.8. The van der Waals surface area contributed by atoms with Crippen LogP contribution in [0.25, 0.3) is 33.0 Å². The minimum atomic E-state index is -3.15. The van der Waals surface area contributed by atoms with E-state index in [1.165, 1.54) is 77.5 Å². The number of aryl methyl sites for hydroxylation is 2. The van der Waals surface area contributed by atoms with E-state index in [2.05, 4.69) is 143 Å². The molecule has 0 atom stereocenters. The van der Waals surface area contributed by atoms with E-state index in [-0.39, 0.29) is 5.41 Å². The van der Waals surface area contributed by atoms with Gasteiger partial charge in [0.05, 0.1) is 5.41 Å². The van der Waals surface area contributed by atoms with Crippen molar-refractivity contribution >= 4 is 33.8 Å². The first kappa shape index (κ1) is 32.9. The molecule has 0 saturated carbocycles. The van der Waals surface area contributed by atoms with Crippen molar-refractivity contribution in [3.05, 3.63) is 220 Å². The summed E-state index contributed by atoms with van der Waals surface area (Å²) in [6.45, 7) is 9.25. The van der Waals surface area contributed by atoms with Crippen LogP contribution in [0.1, 0.15) is 58.4 Å². The Kier molecular flexibility index (Phi) is 7.23. The minimum Gasteiger partial charge on any atom is -0.309 e. The fourth-order valence-corrected chi connectivity index (χ4v) is 12.4. The summed E-state index contributed by atoms with van der Waals surface area (Å²) in [7, 11) is -3.15. The zero-order valence-electron chi connectivity index (χ0n) is 31.1. The highest BCUT2D eigenvalue weighted by molar-refractivity contribution is 7.85. The van der Waals surface area contributed by atoms with Crippen LogP contribution in [0, 0.1) is 13.8 Å². The second kappa shape index (κ2) is 11.9. The van der Waals surface area contributed by atoms with Crippen molar-refractivity contribution in [1.29, 1.82) is 0 Å². The maximum Gasteiger partial charge on any atom is 0.171 e. The lowest BCUT2D eigenvalue weighted by Gasteiger charge is -2.37. The van der Waals surface area contributed by atoms with E-state index >= 15 is 4.57 Å². The standard InChI is InChI=1S/C52H41OP/c1-34-30-45-49-47(32-34)52(48-33-35(2)31-46(50(48)49)51(45,3)4,38-24-22-37(23-25-38)44-21-13-15-36-14-11-12-20-43(36)44)39-26-28-42(29-27-39)54(53,40-16-7-5-8-17-40)41-18-9-6-10-19-41/h5-33H,1-4H3. The van der Waals surface area contributed by atoms with E-state index in [1.807, 2.05) is 60.7 Å². The summed E-state index contributed by atoms with van der Waals surface area (Å²) in [5.74, 6) is 0. The van der Waals surface area contributed by atoms with Crippen molar-refractivity contribution in [3.8, 4) is 22.3 Å². The van der Waals surface area contributed by atoms with E-state index in [0.29, 0.717) is 0 Å². The van der Waals surface area contributed by atoms with Crippen LogP contribution in [0.5, 0.6) is 0 Å². The van der Waals surface area contributed by atoms with Crippen LogP contribution < -0.4 is 15.9 Å². The quantitative estimate of drug-likeness (QED) is 0.157. The zero-order chi connectivity index (χ0) is 36.8. The largest absolute Gasteiger partial charge is 0.309 e. The van der Waals surface area contributed by atoms with Gasteiger partial charge in [0.15, 0.2) is 7.14 Å². The Morgan fingerprint density at radius 2 is 0.889 bits per heavy atom. The van der Waals surface area contributed by atoms with Gasteiger partial charge in [0, 0.05) is 21.3 Å². The van der Waals surface area contributed by atoms with Crippen LogP contribution >= 0.6 is 7.14 Å². The van der Waals surface area contributed by atoms with E-state index in [0.717, 1.165) is 15.9 Å². The van der Waals surface area contributed by atoms with Gasteiger partial charge in [0.25, 0.3) is 0 Å². The number of rotatable bonds is 6. The highest BCUT2D eigenvalue weighted by Crippen LogP contribution is 2.64. The molecule has 0 saturated heterocycles. The van der Waals surface area contributed by atoms with Gasteiger partial charge >= 0.3 is 0 Å². The fourth-order valence-electron chi connectivity index (χ4n) is 9.79. The third-order valence-corrected chi connectivity index (χ3v) is 15.4. The zero-order valence-corrected chi connectivity index (χ0v) is 32.0. The average Bonchev–Trinajstić information content (AvgIpc) is 3.62. The Hall–Kier alpha value is -5.75. The number of hydrogen-bond acceptors (Lipinski definition) is 1. The van der Waals surface area contributed by atoms with Gasteiger partial charge in [0.1, 0.15) is 0 Å². The molecule has 2 aliphatic rings. The van der Waals surface area contributed by atoms with Gasteiger partial charge in [0.2, 0.25) is 0 Å². The highest BCUT2D eigenvalue weighted by atomic mass is 31.2. The molecule has 10 rings (SSSR count). The SMILES string of the molecule is Cc1cc2c3c(c1)C(c1ccc(-c4cccc5ccccc45)cc1)(c1ccc(P(=O)(c4ccccc4)c4ccccc4)cc1)c1cc(C)cc(c1-3)C2(C)C. The molecule has 1 nitrogen and oxygen atoms in total. The monoisotopic (exact) mass is 712 g/mol. The van der Waals surface area contributed by atoms with Gasteiger partial charge in [-0.25, -0.2) is 0 Å². The molecule has 0 heterocycles. The van der Waals surface area contributed by atoms with Crippen LogP contribution in [0.2, 0.25) is 0 Å². The Bertz CT molecular complexity index is 2700. The molecule has 0 N–H and O–H groups in total. The van der Waals surface area contributed by atoms with Crippen molar-refractivity contribution in [2.24, 2.45) is 0 Å². The van der Waals surface area contributed by atoms with Gasteiger partial charge < -0.3 is 4.57 Å². The predicted octanol–water partition coefficient (Wildman–Crippen LogP) is 11.8. The molecule has 2 heteroatoms. The van der Waals surface area contributed by atoms with Gasteiger partial charge in [-0.1, -0.05) is 201 Å². The maximum absolute atomic E-state index is 15.5. The molecule has 0 fully saturated rings. The summed E-state index contributed by atoms with van der Waals surface area (Å²) in [4.78, 5) is 0. The molecule has 8 aromatic rings. The molecule has 0 amide bonds. The molecule has 54 heavy (non-hydrogen) atoms. The van der Waals surface area contributed by atoms with Crippen LogP contribution in [-0.4, -0.2) is 0 Å². The average molecular weight is 713 g/mol. The van der Waals surface area contributed by atoms with Crippen molar-refractivity contribution in [3.63, 3.8) is 0 Å². The fraction of sp³-hybridized carbons (Fsp3) is 0.115. The third-order valence-electron chi connectivity index (χ3n) is 12.3. The Morgan fingerprint density at radius 1 is 0.444 bits per heavy atom. The minimum absolute atomic E-state index is 0.0988. The van der Waals surface area contributed by atoms with Crippen molar-refractivity contribution in [1.82, 2.24) is 0 Å². The molecule has 2 aliphatic carbocycles. The van der Waals surface area contributed by atoms with E-state index in [4.69, 9.17) is 0 Å². The van der Waals surface area contributed by atoms with Gasteiger partial charge in [-0.15, -0.1) is 0 Å². The van der Waals surface area contributed by atoms with Gasteiger partial charge in [-0.05, 0) is 80.3 Å². The summed E-state index contributed by atoms with van der Waals surface area (Å²) < 4.78 is 15.5. The molecule has 0 unspecified atom stereocenters. The van der Waals surface area contributed by atoms with E-state index < -0.39 is 12.6 Å².